The summed E-state index contributed by atoms with van der Waals surface area (Å²) >= 11 is 1.37. The Labute approximate surface area is 162 Å². The third-order valence-electron chi connectivity index (χ3n) is 3.90. The van der Waals surface area contributed by atoms with Crippen molar-refractivity contribution in [3.63, 3.8) is 0 Å². The van der Waals surface area contributed by atoms with Gasteiger partial charge < -0.3 is 14.5 Å². The number of carbonyl (C=O) groups is 1. The lowest BCUT2D eigenvalue weighted by Gasteiger charge is -2.13. The molecule has 1 amide bonds. The molecule has 0 aliphatic rings. The number of furan rings is 1. The fraction of sp³-hybridized carbons (Fsp3) is 0.316. The van der Waals surface area contributed by atoms with Crippen LogP contribution in [-0.4, -0.2) is 46.2 Å². The first-order chi connectivity index (χ1) is 13.2. The Morgan fingerprint density at radius 2 is 2.07 bits per heavy atom. The summed E-state index contributed by atoms with van der Waals surface area (Å²) in [6.07, 6.45) is 1.61. The largest absolute Gasteiger partial charge is 0.461 e. The van der Waals surface area contributed by atoms with Crippen molar-refractivity contribution in [1.29, 1.82) is 0 Å². The highest BCUT2D eigenvalue weighted by molar-refractivity contribution is 8.00. The zero-order valence-electron chi connectivity index (χ0n) is 15.3. The van der Waals surface area contributed by atoms with Crippen LogP contribution in [0.3, 0.4) is 0 Å². The van der Waals surface area contributed by atoms with Crippen LogP contribution in [0.25, 0.3) is 11.6 Å². The van der Waals surface area contributed by atoms with Crippen molar-refractivity contribution in [3.05, 3.63) is 54.3 Å². The SMILES string of the molecule is COCCNC(=O)[C@@H](C)Sc1nnc(-c2ccco2)n1Cc1ccccc1. The molecule has 0 bridgehead atoms. The number of ether oxygens (including phenoxy) is 1. The predicted molar refractivity (Wildman–Crippen MR) is 103 cm³/mol. The fourth-order valence-electron chi connectivity index (χ4n) is 2.50. The Morgan fingerprint density at radius 1 is 1.26 bits per heavy atom. The molecule has 8 heteroatoms. The lowest BCUT2D eigenvalue weighted by Crippen LogP contribution is -2.33. The van der Waals surface area contributed by atoms with Gasteiger partial charge in [0.05, 0.1) is 24.7 Å². The first kappa shape index (κ1) is 19.2. The summed E-state index contributed by atoms with van der Waals surface area (Å²) in [5.74, 6) is 1.21. The summed E-state index contributed by atoms with van der Waals surface area (Å²) in [4.78, 5) is 12.3. The van der Waals surface area contributed by atoms with Gasteiger partial charge in [-0.1, -0.05) is 42.1 Å². The Balaban J connectivity index is 1.81. The van der Waals surface area contributed by atoms with E-state index in [1.54, 1.807) is 13.4 Å². The summed E-state index contributed by atoms with van der Waals surface area (Å²) in [5, 5.41) is 11.8. The minimum Gasteiger partial charge on any atom is -0.461 e. The van der Waals surface area contributed by atoms with Crippen LogP contribution in [0.5, 0.6) is 0 Å². The Kier molecular flexibility index (Phi) is 6.67. The zero-order valence-corrected chi connectivity index (χ0v) is 16.1. The third-order valence-corrected chi connectivity index (χ3v) is 4.98. The van der Waals surface area contributed by atoms with E-state index in [2.05, 4.69) is 15.5 Å². The van der Waals surface area contributed by atoms with Gasteiger partial charge in [-0.3, -0.25) is 9.36 Å². The average molecular weight is 386 g/mol. The van der Waals surface area contributed by atoms with Gasteiger partial charge in [0, 0.05) is 13.7 Å². The molecule has 0 aliphatic carbocycles. The predicted octanol–water partition coefficient (Wildman–Crippen LogP) is 2.83. The molecule has 1 aromatic carbocycles. The van der Waals surface area contributed by atoms with E-state index in [-0.39, 0.29) is 11.2 Å². The van der Waals surface area contributed by atoms with Crippen LogP contribution >= 0.6 is 11.8 Å². The van der Waals surface area contributed by atoms with E-state index >= 15 is 0 Å². The summed E-state index contributed by atoms with van der Waals surface area (Å²) in [7, 11) is 1.60. The van der Waals surface area contributed by atoms with Gasteiger partial charge in [-0.15, -0.1) is 10.2 Å². The minimum absolute atomic E-state index is 0.0640. The summed E-state index contributed by atoms with van der Waals surface area (Å²) in [6, 6.07) is 13.7. The number of methoxy groups -OCH3 is 1. The van der Waals surface area contributed by atoms with Gasteiger partial charge in [0.15, 0.2) is 10.9 Å². The van der Waals surface area contributed by atoms with Crippen LogP contribution < -0.4 is 5.32 Å². The monoisotopic (exact) mass is 386 g/mol. The number of benzene rings is 1. The van der Waals surface area contributed by atoms with Crippen molar-refractivity contribution >= 4 is 17.7 Å². The van der Waals surface area contributed by atoms with Crippen LogP contribution in [0, 0.1) is 0 Å². The Hall–Kier alpha value is -2.58. The van der Waals surface area contributed by atoms with Gasteiger partial charge in [-0.05, 0) is 24.6 Å². The van der Waals surface area contributed by atoms with Crippen molar-refractivity contribution in [2.45, 2.75) is 23.9 Å². The second-order valence-electron chi connectivity index (χ2n) is 5.90. The second-order valence-corrected chi connectivity index (χ2v) is 7.21. The molecule has 27 heavy (non-hydrogen) atoms. The zero-order chi connectivity index (χ0) is 19.1. The fourth-order valence-corrected chi connectivity index (χ4v) is 3.38. The molecule has 0 radical (unpaired) electrons. The van der Waals surface area contributed by atoms with Gasteiger partial charge >= 0.3 is 0 Å². The van der Waals surface area contributed by atoms with E-state index in [0.29, 0.717) is 36.4 Å². The molecule has 3 rings (SSSR count). The molecule has 7 nitrogen and oxygen atoms in total. The number of hydrogen-bond acceptors (Lipinski definition) is 6. The number of aromatic nitrogens is 3. The molecule has 2 aromatic heterocycles. The first-order valence-electron chi connectivity index (χ1n) is 8.63. The van der Waals surface area contributed by atoms with Crippen molar-refractivity contribution in [3.8, 4) is 11.6 Å². The van der Waals surface area contributed by atoms with Gasteiger partial charge in [-0.25, -0.2) is 0 Å². The molecular formula is C19H22N4O3S. The number of nitrogens with zero attached hydrogens (tertiary/aromatic N) is 3. The minimum atomic E-state index is -0.315. The van der Waals surface area contributed by atoms with Crippen LogP contribution in [-0.2, 0) is 16.1 Å². The highest BCUT2D eigenvalue weighted by Crippen LogP contribution is 2.28. The van der Waals surface area contributed by atoms with Crippen molar-refractivity contribution in [2.75, 3.05) is 20.3 Å². The molecule has 0 saturated heterocycles. The summed E-state index contributed by atoms with van der Waals surface area (Å²) in [5.41, 5.74) is 1.11. The van der Waals surface area contributed by atoms with Crippen molar-refractivity contribution in [1.82, 2.24) is 20.1 Å². The topological polar surface area (TPSA) is 82.2 Å². The van der Waals surface area contributed by atoms with Crippen LogP contribution in [0.1, 0.15) is 12.5 Å². The molecule has 0 spiro atoms. The maximum absolute atomic E-state index is 12.3. The average Bonchev–Trinajstić information content (AvgIpc) is 3.33. The molecule has 1 atom stereocenters. The quantitative estimate of drug-likeness (QED) is 0.450. The smallest absolute Gasteiger partial charge is 0.233 e. The molecular weight excluding hydrogens is 364 g/mol. The highest BCUT2D eigenvalue weighted by Gasteiger charge is 2.21. The van der Waals surface area contributed by atoms with E-state index < -0.39 is 0 Å². The molecule has 0 unspecified atom stereocenters. The normalized spacial score (nSPS) is 12.1. The molecule has 1 N–H and O–H groups in total. The van der Waals surface area contributed by atoms with E-state index in [4.69, 9.17) is 9.15 Å². The lowest BCUT2D eigenvalue weighted by molar-refractivity contribution is -0.120. The van der Waals surface area contributed by atoms with Gasteiger partial charge in [0.2, 0.25) is 11.7 Å². The maximum atomic E-state index is 12.3. The lowest BCUT2D eigenvalue weighted by atomic mass is 10.2. The highest BCUT2D eigenvalue weighted by atomic mass is 32.2. The molecule has 0 fully saturated rings. The summed E-state index contributed by atoms with van der Waals surface area (Å²) < 4.78 is 12.4. The third kappa shape index (κ3) is 4.99. The van der Waals surface area contributed by atoms with Crippen LogP contribution in [0.2, 0.25) is 0 Å². The number of carbonyl (C=O) groups excluding carboxylic acids is 1. The molecule has 2 heterocycles. The maximum Gasteiger partial charge on any atom is 0.233 e. The molecule has 0 aliphatic heterocycles. The van der Waals surface area contributed by atoms with Gasteiger partial charge in [-0.2, -0.15) is 0 Å². The molecule has 0 saturated carbocycles. The van der Waals surface area contributed by atoms with Gasteiger partial charge in [0.1, 0.15) is 0 Å². The van der Waals surface area contributed by atoms with E-state index in [9.17, 15) is 4.79 Å². The Morgan fingerprint density at radius 3 is 2.78 bits per heavy atom. The number of hydrogen-bond donors (Lipinski definition) is 1. The van der Waals surface area contributed by atoms with Crippen molar-refractivity contribution < 1.29 is 13.9 Å². The van der Waals surface area contributed by atoms with Gasteiger partial charge in [0.25, 0.3) is 0 Å². The van der Waals surface area contributed by atoms with Crippen LogP contribution in [0.4, 0.5) is 0 Å². The first-order valence-corrected chi connectivity index (χ1v) is 9.51. The standard InChI is InChI=1S/C19H22N4O3S/c1-14(18(24)20-10-12-25-2)27-19-22-21-17(16-9-6-11-26-16)23(19)13-15-7-4-3-5-8-15/h3-9,11,14H,10,12-13H2,1-2H3,(H,20,24)/t14-/m1/s1. The van der Waals surface area contributed by atoms with E-state index in [1.165, 1.54) is 11.8 Å². The Bertz CT molecular complexity index is 849. The van der Waals surface area contributed by atoms with E-state index in [0.717, 1.165) is 5.56 Å². The number of nitrogens with one attached hydrogen (secondary N) is 1. The summed E-state index contributed by atoms with van der Waals surface area (Å²) in [6.45, 7) is 3.40. The van der Waals surface area contributed by atoms with E-state index in [1.807, 2.05) is 54.0 Å². The van der Waals surface area contributed by atoms with Crippen molar-refractivity contribution in [2.24, 2.45) is 0 Å². The number of amides is 1. The number of thioether (sulfide) groups is 1. The van der Waals surface area contributed by atoms with Crippen LogP contribution in [0.15, 0.2) is 58.3 Å². The number of rotatable bonds is 9. The molecule has 3 aromatic rings. The second kappa shape index (κ2) is 9.38. The molecule has 142 valence electrons.